The summed E-state index contributed by atoms with van der Waals surface area (Å²) < 4.78 is 10.7. The van der Waals surface area contributed by atoms with Crippen LogP contribution in [0.2, 0.25) is 0 Å². The molecular formula is C24H26N4O4. The predicted octanol–water partition coefficient (Wildman–Crippen LogP) is 3.83. The van der Waals surface area contributed by atoms with Gasteiger partial charge in [0, 0.05) is 29.9 Å². The molecule has 1 saturated heterocycles. The maximum absolute atomic E-state index is 12.9. The molecule has 0 atom stereocenters. The lowest BCUT2D eigenvalue weighted by atomic mass is 10.1. The molecule has 32 heavy (non-hydrogen) atoms. The number of hydrogen-bond acceptors (Lipinski definition) is 5. The molecule has 3 aromatic rings. The van der Waals surface area contributed by atoms with Crippen molar-refractivity contribution in [2.75, 3.05) is 44.1 Å². The maximum atomic E-state index is 12.9. The second-order valence-corrected chi connectivity index (χ2v) is 7.61. The number of hydrogen-bond donors (Lipinski definition) is 1. The van der Waals surface area contributed by atoms with Crippen LogP contribution in [0.3, 0.4) is 0 Å². The Bertz CT molecular complexity index is 1150. The zero-order valence-corrected chi connectivity index (χ0v) is 18.4. The Hall–Kier alpha value is -3.81. The van der Waals surface area contributed by atoms with E-state index in [0.717, 1.165) is 28.6 Å². The van der Waals surface area contributed by atoms with Gasteiger partial charge in [-0.1, -0.05) is 18.2 Å². The summed E-state index contributed by atoms with van der Waals surface area (Å²) in [7, 11) is 3.16. The summed E-state index contributed by atoms with van der Waals surface area (Å²) in [5.74, 6) is 1.35. The van der Waals surface area contributed by atoms with Crippen molar-refractivity contribution in [3.63, 3.8) is 0 Å². The van der Waals surface area contributed by atoms with E-state index >= 15 is 0 Å². The van der Waals surface area contributed by atoms with Gasteiger partial charge in [-0.25, -0.2) is 9.78 Å². The van der Waals surface area contributed by atoms with Crippen LogP contribution in [0, 0.1) is 6.92 Å². The maximum Gasteiger partial charge on any atom is 0.324 e. The highest BCUT2D eigenvalue weighted by Gasteiger charge is 2.28. The lowest BCUT2D eigenvalue weighted by Crippen LogP contribution is -2.51. The molecule has 0 bridgehead atoms. The Labute approximate surface area is 186 Å². The van der Waals surface area contributed by atoms with Crippen molar-refractivity contribution < 1.29 is 19.1 Å². The van der Waals surface area contributed by atoms with Crippen LogP contribution in [0.5, 0.6) is 11.5 Å². The SMILES string of the molecule is COc1cc2cc(NC(=O)CN3CCCN(c4ccccc4)C3=O)nc(C)c2cc1OC. The number of para-hydroxylation sites is 1. The van der Waals surface area contributed by atoms with E-state index in [1.54, 1.807) is 30.1 Å². The number of aryl methyl sites for hydroxylation is 1. The Balaban J connectivity index is 1.49. The molecule has 0 radical (unpaired) electrons. The van der Waals surface area contributed by atoms with Gasteiger partial charge in [0.05, 0.1) is 14.2 Å². The predicted molar refractivity (Wildman–Crippen MR) is 124 cm³/mol. The molecule has 8 nitrogen and oxygen atoms in total. The number of methoxy groups -OCH3 is 2. The highest BCUT2D eigenvalue weighted by atomic mass is 16.5. The van der Waals surface area contributed by atoms with Gasteiger partial charge in [0.15, 0.2) is 11.5 Å². The number of amides is 3. The van der Waals surface area contributed by atoms with E-state index < -0.39 is 0 Å². The zero-order valence-electron chi connectivity index (χ0n) is 18.4. The fraction of sp³-hybridized carbons (Fsp3) is 0.292. The van der Waals surface area contributed by atoms with Crippen LogP contribution in [-0.2, 0) is 4.79 Å². The highest BCUT2D eigenvalue weighted by molar-refractivity contribution is 5.99. The smallest absolute Gasteiger partial charge is 0.324 e. The number of nitrogens with one attached hydrogen (secondary N) is 1. The van der Waals surface area contributed by atoms with E-state index in [4.69, 9.17) is 9.47 Å². The third kappa shape index (κ3) is 4.30. The molecular weight excluding hydrogens is 408 g/mol. The molecule has 166 valence electrons. The zero-order chi connectivity index (χ0) is 22.7. The third-order valence-electron chi connectivity index (χ3n) is 5.51. The van der Waals surface area contributed by atoms with Gasteiger partial charge in [-0.15, -0.1) is 0 Å². The average Bonchev–Trinajstić information content (AvgIpc) is 2.80. The number of benzene rings is 2. The van der Waals surface area contributed by atoms with Gasteiger partial charge in [-0.2, -0.15) is 0 Å². The molecule has 2 heterocycles. The lowest BCUT2D eigenvalue weighted by Gasteiger charge is -2.35. The van der Waals surface area contributed by atoms with Crippen molar-refractivity contribution in [3.05, 3.63) is 54.2 Å². The van der Waals surface area contributed by atoms with E-state index in [1.807, 2.05) is 49.4 Å². The fourth-order valence-corrected chi connectivity index (χ4v) is 3.94. The van der Waals surface area contributed by atoms with E-state index in [-0.39, 0.29) is 18.5 Å². The van der Waals surface area contributed by atoms with Gasteiger partial charge < -0.3 is 19.7 Å². The number of carbonyl (C=O) groups excluding carboxylic acids is 2. The standard InChI is InChI=1S/C24H26N4O4/c1-16-19-14-21(32-3)20(31-2)12-17(19)13-22(25-16)26-23(29)15-27-10-7-11-28(24(27)30)18-8-5-4-6-9-18/h4-6,8-9,12-14H,7,10-11,15H2,1-3H3,(H,25,26,29). The minimum Gasteiger partial charge on any atom is -0.493 e. The summed E-state index contributed by atoms with van der Waals surface area (Å²) >= 11 is 0. The molecule has 1 aromatic heterocycles. The number of pyridine rings is 1. The second-order valence-electron chi connectivity index (χ2n) is 7.61. The van der Waals surface area contributed by atoms with Gasteiger partial charge in [0.25, 0.3) is 0 Å². The first-order valence-electron chi connectivity index (χ1n) is 10.4. The Morgan fingerprint density at radius 2 is 1.78 bits per heavy atom. The molecule has 0 saturated carbocycles. The number of nitrogens with zero attached hydrogens (tertiary/aromatic N) is 3. The molecule has 0 spiro atoms. The summed E-state index contributed by atoms with van der Waals surface area (Å²) in [4.78, 5) is 33.4. The van der Waals surface area contributed by atoms with Crippen molar-refractivity contribution in [1.29, 1.82) is 0 Å². The summed E-state index contributed by atoms with van der Waals surface area (Å²) in [6.07, 6.45) is 0.795. The normalized spacial score (nSPS) is 13.9. The van der Waals surface area contributed by atoms with Crippen molar-refractivity contribution in [2.45, 2.75) is 13.3 Å². The van der Waals surface area contributed by atoms with Crippen molar-refractivity contribution in [3.8, 4) is 11.5 Å². The van der Waals surface area contributed by atoms with E-state index in [1.165, 1.54) is 0 Å². The van der Waals surface area contributed by atoms with Crippen LogP contribution in [0.25, 0.3) is 10.8 Å². The molecule has 8 heteroatoms. The molecule has 1 fully saturated rings. The van der Waals surface area contributed by atoms with Crippen molar-refractivity contribution in [1.82, 2.24) is 9.88 Å². The van der Waals surface area contributed by atoms with Crippen molar-refractivity contribution in [2.24, 2.45) is 0 Å². The van der Waals surface area contributed by atoms with Crippen LogP contribution in [-0.4, -0.2) is 55.7 Å². The van der Waals surface area contributed by atoms with E-state index in [0.29, 0.717) is 30.4 Å². The van der Waals surface area contributed by atoms with E-state index in [9.17, 15) is 9.59 Å². The second kappa shape index (κ2) is 9.13. The summed E-state index contributed by atoms with van der Waals surface area (Å²) in [5.41, 5.74) is 1.59. The van der Waals surface area contributed by atoms with Crippen LogP contribution in [0.4, 0.5) is 16.3 Å². The summed E-state index contributed by atoms with van der Waals surface area (Å²) in [6, 6.07) is 14.8. The monoisotopic (exact) mass is 434 g/mol. The Morgan fingerprint density at radius 3 is 2.50 bits per heavy atom. The van der Waals surface area contributed by atoms with Gasteiger partial charge in [-0.3, -0.25) is 9.69 Å². The third-order valence-corrected chi connectivity index (χ3v) is 5.51. The lowest BCUT2D eigenvalue weighted by molar-refractivity contribution is -0.116. The van der Waals surface area contributed by atoms with Gasteiger partial charge in [-0.05, 0) is 49.1 Å². The Morgan fingerprint density at radius 1 is 1.06 bits per heavy atom. The first-order chi connectivity index (χ1) is 15.5. The number of anilines is 2. The topological polar surface area (TPSA) is 84.0 Å². The molecule has 2 aromatic carbocycles. The molecule has 1 aliphatic heterocycles. The van der Waals surface area contributed by atoms with Crippen LogP contribution >= 0.6 is 0 Å². The molecule has 4 rings (SSSR count). The summed E-state index contributed by atoms with van der Waals surface area (Å²) in [6.45, 7) is 3.01. The first-order valence-corrected chi connectivity index (χ1v) is 10.4. The quantitative estimate of drug-likeness (QED) is 0.637. The molecule has 1 aliphatic rings. The molecule has 1 N–H and O–H groups in total. The van der Waals surface area contributed by atoms with Crippen molar-refractivity contribution >= 4 is 34.2 Å². The van der Waals surface area contributed by atoms with Gasteiger partial charge in [0.1, 0.15) is 12.4 Å². The van der Waals surface area contributed by atoms with Crippen LogP contribution < -0.4 is 19.7 Å². The fourth-order valence-electron chi connectivity index (χ4n) is 3.94. The summed E-state index contributed by atoms with van der Waals surface area (Å²) in [5, 5.41) is 4.61. The number of urea groups is 1. The molecule has 0 unspecified atom stereocenters. The number of fused-ring (bicyclic) bond motifs is 1. The molecule has 3 amide bonds. The number of aromatic nitrogens is 1. The largest absolute Gasteiger partial charge is 0.493 e. The van der Waals surface area contributed by atoms with Crippen LogP contribution in [0.1, 0.15) is 12.1 Å². The molecule has 0 aliphatic carbocycles. The first kappa shape index (κ1) is 21.4. The minimum atomic E-state index is -0.292. The Kier molecular flexibility index (Phi) is 6.11. The number of ether oxygens (including phenoxy) is 2. The van der Waals surface area contributed by atoms with Gasteiger partial charge >= 0.3 is 6.03 Å². The van der Waals surface area contributed by atoms with E-state index in [2.05, 4.69) is 10.3 Å². The number of rotatable bonds is 6. The highest BCUT2D eigenvalue weighted by Crippen LogP contribution is 2.34. The van der Waals surface area contributed by atoms with Crippen LogP contribution in [0.15, 0.2) is 48.5 Å². The minimum absolute atomic E-state index is 0.0349. The average molecular weight is 434 g/mol. The number of carbonyl (C=O) groups is 2. The van der Waals surface area contributed by atoms with Gasteiger partial charge in [0.2, 0.25) is 5.91 Å².